The summed E-state index contributed by atoms with van der Waals surface area (Å²) in [6, 6.07) is 8.29. The predicted molar refractivity (Wildman–Crippen MR) is 129 cm³/mol. The van der Waals surface area contributed by atoms with Crippen LogP contribution in [-0.4, -0.2) is 60.1 Å². The molecule has 13 nitrogen and oxygen atoms in total. The minimum absolute atomic E-state index is 0.149. The molecule has 194 valence electrons. The van der Waals surface area contributed by atoms with Crippen LogP contribution in [-0.2, 0) is 18.6 Å². The molecule has 0 aliphatic carbocycles. The predicted octanol–water partition coefficient (Wildman–Crippen LogP) is 2.35. The van der Waals surface area contributed by atoms with Gasteiger partial charge in [0.25, 0.3) is 0 Å². The number of para-hydroxylation sites is 1. The molecule has 0 radical (unpaired) electrons. The SMILES string of the molecule is CC(C)[C@](C)(NP(=O)(OC[C@@H]1C[C@@H](O)[C@H](n2cnc3c(N)ncnc32)O1)Oc1ccccc1)C(=O)O. The number of anilines is 1. The molecule has 0 bridgehead atoms. The maximum atomic E-state index is 13.8. The third kappa shape index (κ3) is 5.20. The Kier molecular flexibility index (Phi) is 7.30. The molecule has 1 unspecified atom stereocenters. The number of rotatable bonds is 10. The molecular weight excluding hydrogens is 491 g/mol. The lowest BCUT2D eigenvalue weighted by atomic mass is 9.90. The summed E-state index contributed by atoms with van der Waals surface area (Å²) in [6.07, 6.45) is 0.394. The van der Waals surface area contributed by atoms with Crippen molar-refractivity contribution in [3.8, 4) is 5.75 Å². The highest BCUT2D eigenvalue weighted by molar-refractivity contribution is 7.52. The molecule has 1 saturated heterocycles. The van der Waals surface area contributed by atoms with Crippen LogP contribution in [0.5, 0.6) is 5.75 Å². The van der Waals surface area contributed by atoms with Crippen molar-refractivity contribution in [2.45, 2.75) is 51.2 Å². The Labute approximate surface area is 207 Å². The molecule has 1 fully saturated rings. The van der Waals surface area contributed by atoms with Crippen molar-refractivity contribution >= 4 is 30.7 Å². The average molecular weight is 520 g/mol. The highest BCUT2D eigenvalue weighted by Gasteiger charge is 2.46. The molecule has 3 aromatic rings. The van der Waals surface area contributed by atoms with Crippen molar-refractivity contribution in [1.29, 1.82) is 0 Å². The summed E-state index contributed by atoms with van der Waals surface area (Å²) in [5, 5.41) is 23.1. The average Bonchev–Trinajstić information content (AvgIpc) is 3.42. The van der Waals surface area contributed by atoms with Crippen molar-refractivity contribution in [2.24, 2.45) is 5.92 Å². The normalized spacial score (nSPS) is 23.4. The summed E-state index contributed by atoms with van der Waals surface area (Å²) in [5.74, 6) is -1.23. The first kappa shape index (κ1) is 26.0. The number of ether oxygens (including phenoxy) is 1. The van der Waals surface area contributed by atoms with E-state index in [-0.39, 0.29) is 24.6 Å². The number of fused-ring (bicyclic) bond motifs is 1. The standard InChI is InChI=1S/C22H29N6O7P/c1-13(2)22(3,21(30)31)27-36(32,35-14-7-5-4-6-8-14)33-10-15-9-16(29)20(34-15)28-12-26-17-18(23)24-11-25-19(17)28/h4-8,11-13,15-16,20,29H,9-10H2,1-3H3,(H,27,32)(H,30,31)(H2,23,24,25)/t15-,16+,20+,22-,36?/m0/s1. The van der Waals surface area contributed by atoms with Crippen LogP contribution in [0.15, 0.2) is 43.0 Å². The summed E-state index contributed by atoms with van der Waals surface area (Å²) >= 11 is 0. The Morgan fingerprint density at radius 3 is 2.72 bits per heavy atom. The second kappa shape index (κ2) is 10.1. The van der Waals surface area contributed by atoms with E-state index in [1.54, 1.807) is 44.2 Å². The van der Waals surface area contributed by atoms with Gasteiger partial charge in [0.1, 0.15) is 29.2 Å². The van der Waals surface area contributed by atoms with Crippen molar-refractivity contribution in [2.75, 3.05) is 12.3 Å². The van der Waals surface area contributed by atoms with Crippen LogP contribution in [0.2, 0.25) is 0 Å². The Morgan fingerprint density at radius 1 is 1.33 bits per heavy atom. The number of carbonyl (C=O) groups is 1. The highest BCUT2D eigenvalue weighted by Crippen LogP contribution is 2.48. The fourth-order valence-electron chi connectivity index (χ4n) is 3.73. The molecule has 36 heavy (non-hydrogen) atoms. The largest absolute Gasteiger partial charge is 0.480 e. The number of imidazole rings is 1. The molecule has 0 saturated carbocycles. The smallest absolute Gasteiger partial charge is 0.459 e. The van der Waals surface area contributed by atoms with Gasteiger partial charge in [-0.3, -0.25) is 13.9 Å². The molecule has 4 rings (SSSR count). The van der Waals surface area contributed by atoms with E-state index in [1.807, 2.05) is 0 Å². The number of nitrogen functional groups attached to an aromatic ring is 1. The number of benzene rings is 1. The van der Waals surface area contributed by atoms with Crippen LogP contribution in [0, 0.1) is 5.92 Å². The molecule has 1 aliphatic heterocycles. The van der Waals surface area contributed by atoms with E-state index >= 15 is 0 Å². The topological polar surface area (TPSA) is 184 Å². The fourth-order valence-corrected chi connectivity index (χ4v) is 5.58. The Morgan fingerprint density at radius 2 is 2.06 bits per heavy atom. The molecule has 14 heteroatoms. The number of hydrogen-bond donors (Lipinski definition) is 4. The molecule has 0 spiro atoms. The fraction of sp³-hybridized carbons (Fsp3) is 0.455. The number of aliphatic hydroxyl groups excluding tert-OH is 1. The molecule has 5 N–H and O–H groups in total. The van der Waals surface area contributed by atoms with Gasteiger partial charge in [-0.25, -0.2) is 19.5 Å². The maximum absolute atomic E-state index is 13.8. The van der Waals surface area contributed by atoms with E-state index in [0.29, 0.717) is 11.2 Å². The van der Waals surface area contributed by atoms with E-state index in [1.165, 1.54) is 24.1 Å². The van der Waals surface area contributed by atoms with Gasteiger partial charge < -0.3 is 25.2 Å². The Balaban J connectivity index is 1.52. The Bertz CT molecular complexity index is 1270. The molecule has 5 atom stereocenters. The minimum Gasteiger partial charge on any atom is -0.480 e. The first-order valence-electron chi connectivity index (χ1n) is 11.3. The van der Waals surface area contributed by atoms with Gasteiger partial charge in [-0.1, -0.05) is 32.0 Å². The van der Waals surface area contributed by atoms with Crippen molar-refractivity contribution < 1.29 is 33.4 Å². The number of aliphatic hydroxyl groups is 1. The van der Waals surface area contributed by atoms with Gasteiger partial charge in [-0.15, -0.1) is 0 Å². The molecule has 2 aromatic heterocycles. The summed E-state index contributed by atoms with van der Waals surface area (Å²) in [4.78, 5) is 24.3. The number of hydrogen-bond acceptors (Lipinski definition) is 10. The molecule has 1 aliphatic rings. The summed E-state index contributed by atoms with van der Waals surface area (Å²) < 4.78 is 32.6. The second-order valence-electron chi connectivity index (χ2n) is 9.01. The Hall–Kier alpha value is -3.09. The minimum atomic E-state index is -4.22. The van der Waals surface area contributed by atoms with Gasteiger partial charge in [-0.2, -0.15) is 5.09 Å². The zero-order valence-electron chi connectivity index (χ0n) is 20.0. The first-order chi connectivity index (χ1) is 17.0. The monoisotopic (exact) mass is 520 g/mol. The first-order valence-corrected chi connectivity index (χ1v) is 12.9. The van der Waals surface area contributed by atoms with Gasteiger partial charge in [0.2, 0.25) is 0 Å². The molecule has 3 heterocycles. The van der Waals surface area contributed by atoms with E-state index in [4.69, 9.17) is 19.5 Å². The van der Waals surface area contributed by atoms with Crippen LogP contribution in [0.4, 0.5) is 5.82 Å². The number of nitrogens with one attached hydrogen (secondary N) is 1. The van der Waals surface area contributed by atoms with Crippen molar-refractivity contribution in [1.82, 2.24) is 24.6 Å². The molecule has 0 amide bonds. The van der Waals surface area contributed by atoms with Crippen LogP contribution >= 0.6 is 7.75 Å². The third-order valence-corrected chi connectivity index (χ3v) is 7.87. The van der Waals surface area contributed by atoms with Crippen LogP contribution in [0.3, 0.4) is 0 Å². The van der Waals surface area contributed by atoms with E-state index in [0.717, 1.165) is 0 Å². The second-order valence-corrected chi connectivity index (χ2v) is 10.7. The lowest BCUT2D eigenvalue weighted by Crippen LogP contribution is -2.52. The van der Waals surface area contributed by atoms with E-state index in [2.05, 4.69) is 20.0 Å². The summed E-state index contributed by atoms with van der Waals surface area (Å²) in [7, 11) is -4.22. The lowest BCUT2D eigenvalue weighted by molar-refractivity contribution is -0.145. The van der Waals surface area contributed by atoms with Crippen LogP contribution in [0.1, 0.15) is 33.4 Å². The zero-order valence-corrected chi connectivity index (χ0v) is 20.9. The van der Waals surface area contributed by atoms with E-state index in [9.17, 15) is 19.6 Å². The maximum Gasteiger partial charge on any atom is 0.459 e. The van der Waals surface area contributed by atoms with Gasteiger partial charge in [-0.05, 0) is 25.0 Å². The van der Waals surface area contributed by atoms with Crippen molar-refractivity contribution in [3.63, 3.8) is 0 Å². The van der Waals surface area contributed by atoms with E-state index < -0.39 is 43.6 Å². The van der Waals surface area contributed by atoms with Crippen LogP contribution < -0.4 is 15.3 Å². The number of aromatic nitrogens is 4. The quantitative estimate of drug-likeness (QED) is 0.287. The lowest BCUT2D eigenvalue weighted by Gasteiger charge is -2.33. The highest BCUT2D eigenvalue weighted by atomic mass is 31.2. The number of carboxylic acid groups (broad SMARTS) is 1. The van der Waals surface area contributed by atoms with Crippen molar-refractivity contribution in [3.05, 3.63) is 43.0 Å². The summed E-state index contributed by atoms with van der Waals surface area (Å²) in [5.41, 5.74) is 4.99. The third-order valence-electron chi connectivity index (χ3n) is 6.19. The zero-order chi connectivity index (χ0) is 26.1. The molecular formula is C22H29N6O7P. The summed E-state index contributed by atoms with van der Waals surface area (Å²) in [6.45, 7) is 4.53. The number of nitrogens with two attached hydrogens (primary N) is 1. The van der Waals surface area contributed by atoms with Gasteiger partial charge in [0.15, 0.2) is 17.7 Å². The van der Waals surface area contributed by atoms with Crippen LogP contribution in [0.25, 0.3) is 11.2 Å². The van der Waals surface area contributed by atoms with Gasteiger partial charge in [0, 0.05) is 6.42 Å². The van der Waals surface area contributed by atoms with Gasteiger partial charge >= 0.3 is 13.7 Å². The number of nitrogens with zero attached hydrogens (tertiary/aromatic N) is 4. The number of aliphatic carboxylic acids is 1. The van der Waals surface area contributed by atoms with Gasteiger partial charge in [0.05, 0.1) is 19.0 Å². The molecule has 1 aromatic carbocycles. The number of carboxylic acids is 1.